The fourth-order valence-corrected chi connectivity index (χ4v) is 2.35. The second kappa shape index (κ2) is 8.55. The number of nitrogens with one attached hydrogen (secondary N) is 2. The van der Waals surface area contributed by atoms with Gasteiger partial charge in [-0.25, -0.2) is 14.4 Å². The molecule has 3 aromatic rings. The molecule has 1 heterocycles. The van der Waals surface area contributed by atoms with Gasteiger partial charge in [0, 0.05) is 24.6 Å². The van der Waals surface area contributed by atoms with Gasteiger partial charge in [0.1, 0.15) is 11.6 Å². The number of amides is 1. The predicted molar refractivity (Wildman–Crippen MR) is 96.8 cm³/mol. The van der Waals surface area contributed by atoms with Gasteiger partial charge in [-0.05, 0) is 42.0 Å². The highest BCUT2D eigenvalue weighted by Gasteiger charge is 2.31. The van der Waals surface area contributed by atoms with Gasteiger partial charge in [0.15, 0.2) is 11.5 Å². The molecular formula is C19H14F4N4O2. The predicted octanol–water partition coefficient (Wildman–Crippen LogP) is 4.38. The Kier molecular flexibility index (Phi) is 5.91. The van der Waals surface area contributed by atoms with Crippen LogP contribution in [0.2, 0.25) is 0 Å². The van der Waals surface area contributed by atoms with E-state index in [0.717, 1.165) is 17.7 Å². The first kappa shape index (κ1) is 20.1. The zero-order valence-electron chi connectivity index (χ0n) is 14.7. The fraction of sp³-hybridized carbons (Fsp3) is 0.105. The number of benzene rings is 2. The summed E-state index contributed by atoms with van der Waals surface area (Å²) in [5.41, 5.74) is 1.01. The van der Waals surface area contributed by atoms with Gasteiger partial charge in [0.25, 0.3) is 5.91 Å². The first-order valence-corrected chi connectivity index (χ1v) is 8.27. The number of hydrogen-bond donors (Lipinski definition) is 2. The molecule has 0 bridgehead atoms. The zero-order chi connectivity index (χ0) is 20.9. The summed E-state index contributed by atoms with van der Waals surface area (Å²) in [6, 6.07) is 10.5. The van der Waals surface area contributed by atoms with E-state index in [0.29, 0.717) is 0 Å². The molecule has 150 valence electrons. The van der Waals surface area contributed by atoms with E-state index < -0.39 is 18.0 Å². The molecule has 2 aromatic carbocycles. The second-order valence-corrected chi connectivity index (χ2v) is 5.76. The van der Waals surface area contributed by atoms with Gasteiger partial charge in [-0.1, -0.05) is 12.1 Å². The molecule has 6 nitrogen and oxygen atoms in total. The van der Waals surface area contributed by atoms with Crippen LogP contribution in [0.3, 0.4) is 0 Å². The summed E-state index contributed by atoms with van der Waals surface area (Å²) >= 11 is 0. The quantitative estimate of drug-likeness (QED) is 0.595. The Hall–Kier alpha value is -3.69. The lowest BCUT2D eigenvalue weighted by Gasteiger charge is -2.11. The lowest BCUT2D eigenvalue weighted by atomic mass is 10.2. The molecule has 0 aliphatic heterocycles. The van der Waals surface area contributed by atoms with E-state index in [-0.39, 0.29) is 29.6 Å². The van der Waals surface area contributed by atoms with Gasteiger partial charge in [-0.2, -0.15) is 0 Å². The standard InChI is InChI=1S/C19H14F4N4O2/c20-13-3-1-12(2-4-13)11-26-17-16(24-9-10-25-17)18(28)27-14-5-7-15(8-6-14)29-19(21,22)23/h1-10H,11H2,(H,25,26)(H,27,28). The number of aromatic nitrogens is 2. The average Bonchev–Trinajstić information content (AvgIpc) is 2.68. The molecule has 29 heavy (non-hydrogen) atoms. The molecule has 3 rings (SSSR count). The Labute approximate surface area is 162 Å². The molecule has 0 unspecified atom stereocenters. The van der Waals surface area contributed by atoms with Crippen molar-refractivity contribution < 1.29 is 27.1 Å². The van der Waals surface area contributed by atoms with Crippen molar-refractivity contribution in [1.82, 2.24) is 9.97 Å². The fourth-order valence-electron chi connectivity index (χ4n) is 2.35. The molecule has 0 aliphatic carbocycles. The molecule has 0 atom stereocenters. The van der Waals surface area contributed by atoms with Crippen molar-refractivity contribution in [2.45, 2.75) is 12.9 Å². The minimum Gasteiger partial charge on any atom is -0.406 e. The zero-order valence-corrected chi connectivity index (χ0v) is 14.7. The van der Waals surface area contributed by atoms with E-state index in [1.165, 1.54) is 36.7 Å². The summed E-state index contributed by atoms with van der Waals surface area (Å²) < 4.78 is 53.4. The number of ether oxygens (including phenoxy) is 1. The maximum atomic E-state index is 13.0. The van der Waals surface area contributed by atoms with Crippen LogP contribution in [-0.4, -0.2) is 22.2 Å². The summed E-state index contributed by atoms with van der Waals surface area (Å²) in [6.07, 6.45) is -2.07. The van der Waals surface area contributed by atoms with Crippen molar-refractivity contribution in [2.75, 3.05) is 10.6 Å². The van der Waals surface area contributed by atoms with Crippen molar-refractivity contribution in [1.29, 1.82) is 0 Å². The first-order chi connectivity index (χ1) is 13.8. The minimum atomic E-state index is -4.80. The van der Waals surface area contributed by atoms with E-state index >= 15 is 0 Å². The number of carbonyl (C=O) groups is 1. The largest absolute Gasteiger partial charge is 0.573 e. The van der Waals surface area contributed by atoms with Crippen LogP contribution in [0.25, 0.3) is 0 Å². The third-order valence-electron chi connectivity index (χ3n) is 3.63. The van der Waals surface area contributed by atoms with Crippen LogP contribution in [0.4, 0.5) is 29.1 Å². The molecule has 0 saturated heterocycles. The average molecular weight is 406 g/mol. The van der Waals surface area contributed by atoms with Crippen LogP contribution in [-0.2, 0) is 6.54 Å². The molecule has 1 aromatic heterocycles. The normalized spacial score (nSPS) is 11.0. The SMILES string of the molecule is O=C(Nc1ccc(OC(F)(F)F)cc1)c1nccnc1NCc1ccc(F)cc1. The van der Waals surface area contributed by atoms with Crippen LogP contribution in [0.1, 0.15) is 16.1 Å². The van der Waals surface area contributed by atoms with Crippen LogP contribution in [0.15, 0.2) is 60.9 Å². The van der Waals surface area contributed by atoms with Crippen molar-refractivity contribution in [2.24, 2.45) is 0 Å². The van der Waals surface area contributed by atoms with E-state index in [4.69, 9.17) is 0 Å². The number of alkyl halides is 3. The molecule has 1 amide bonds. The summed E-state index contributed by atoms with van der Waals surface area (Å²) in [7, 11) is 0. The third-order valence-corrected chi connectivity index (χ3v) is 3.63. The Morgan fingerprint density at radius 2 is 1.62 bits per heavy atom. The van der Waals surface area contributed by atoms with E-state index in [1.54, 1.807) is 12.1 Å². The van der Waals surface area contributed by atoms with E-state index in [1.807, 2.05) is 0 Å². The lowest BCUT2D eigenvalue weighted by molar-refractivity contribution is -0.274. The molecular weight excluding hydrogens is 392 g/mol. The minimum absolute atomic E-state index is 0.00905. The molecule has 10 heteroatoms. The van der Waals surface area contributed by atoms with Gasteiger partial charge in [-0.3, -0.25) is 4.79 Å². The van der Waals surface area contributed by atoms with E-state index in [2.05, 4.69) is 25.3 Å². The van der Waals surface area contributed by atoms with Gasteiger partial charge in [0.2, 0.25) is 0 Å². The first-order valence-electron chi connectivity index (χ1n) is 8.27. The van der Waals surface area contributed by atoms with Crippen molar-refractivity contribution in [3.63, 3.8) is 0 Å². The van der Waals surface area contributed by atoms with Gasteiger partial charge >= 0.3 is 6.36 Å². The highest BCUT2D eigenvalue weighted by Crippen LogP contribution is 2.24. The maximum absolute atomic E-state index is 13.0. The highest BCUT2D eigenvalue weighted by atomic mass is 19.4. The molecule has 2 N–H and O–H groups in total. The van der Waals surface area contributed by atoms with Crippen molar-refractivity contribution in [3.05, 3.63) is 78.0 Å². The molecule has 0 aliphatic rings. The summed E-state index contributed by atoms with van der Waals surface area (Å²) in [4.78, 5) is 20.6. The Balaban J connectivity index is 1.67. The number of hydrogen-bond acceptors (Lipinski definition) is 5. The Morgan fingerprint density at radius 1 is 0.966 bits per heavy atom. The van der Waals surface area contributed by atoms with E-state index in [9.17, 15) is 22.4 Å². The van der Waals surface area contributed by atoms with Gasteiger partial charge in [-0.15, -0.1) is 13.2 Å². The van der Waals surface area contributed by atoms with Gasteiger partial charge in [0.05, 0.1) is 0 Å². The number of nitrogens with zero attached hydrogens (tertiary/aromatic N) is 2. The number of halogens is 4. The van der Waals surface area contributed by atoms with Crippen LogP contribution < -0.4 is 15.4 Å². The number of rotatable bonds is 6. The van der Waals surface area contributed by atoms with Gasteiger partial charge < -0.3 is 15.4 Å². The molecule has 0 saturated carbocycles. The van der Waals surface area contributed by atoms with Crippen LogP contribution in [0, 0.1) is 5.82 Å². The smallest absolute Gasteiger partial charge is 0.406 e. The lowest BCUT2D eigenvalue weighted by Crippen LogP contribution is -2.18. The summed E-state index contributed by atoms with van der Waals surface area (Å²) in [6.45, 7) is 0.280. The second-order valence-electron chi connectivity index (χ2n) is 5.76. The molecule has 0 spiro atoms. The summed E-state index contributed by atoms with van der Waals surface area (Å²) in [5, 5.41) is 5.48. The summed E-state index contributed by atoms with van der Waals surface area (Å²) in [5.74, 6) is -1.17. The van der Waals surface area contributed by atoms with Crippen molar-refractivity contribution in [3.8, 4) is 5.75 Å². The maximum Gasteiger partial charge on any atom is 0.573 e. The number of carbonyl (C=O) groups excluding carboxylic acids is 1. The Bertz CT molecular complexity index is 977. The topological polar surface area (TPSA) is 76.1 Å². The number of anilines is 2. The van der Waals surface area contributed by atoms with Crippen molar-refractivity contribution >= 4 is 17.4 Å². The Morgan fingerprint density at radius 3 is 2.28 bits per heavy atom. The molecule has 0 radical (unpaired) electrons. The highest BCUT2D eigenvalue weighted by molar-refractivity contribution is 6.05. The van der Waals surface area contributed by atoms with Crippen LogP contribution >= 0.6 is 0 Å². The monoisotopic (exact) mass is 406 g/mol. The van der Waals surface area contributed by atoms with Crippen LogP contribution in [0.5, 0.6) is 5.75 Å². The third kappa shape index (κ3) is 5.89. The molecule has 0 fully saturated rings.